The van der Waals surface area contributed by atoms with E-state index in [1.165, 1.54) is 0 Å². The van der Waals surface area contributed by atoms with Gasteiger partial charge in [-0.1, -0.05) is 6.08 Å². The predicted octanol–water partition coefficient (Wildman–Crippen LogP) is -0.118. The number of allylic oxidation sites excluding steroid dienone is 1. The van der Waals surface area contributed by atoms with Crippen molar-refractivity contribution in [1.29, 1.82) is 0 Å². The van der Waals surface area contributed by atoms with Gasteiger partial charge in [-0.15, -0.1) is 0 Å². The fourth-order valence-electron chi connectivity index (χ4n) is 1.93. The Kier molecular flexibility index (Phi) is 2.73. The number of hydrogen-bond donors (Lipinski definition) is 2. The first-order chi connectivity index (χ1) is 7.56. The largest absolute Gasteiger partial charge is 0.483 e. The summed E-state index contributed by atoms with van der Waals surface area (Å²) in [5.41, 5.74) is 0.0424. The van der Waals surface area contributed by atoms with Crippen molar-refractivity contribution in [2.24, 2.45) is 0 Å². The van der Waals surface area contributed by atoms with Crippen molar-refractivity contribution in [3.63, 3.8) is 0 Å². The number of rotatable bonds is 1. The lowest BCUT2D eigenvalue weighted by molar-refractivity contribution is -0.140. The van der Waals surface area contributed by atoms with E-state index in [4.69, 9.17) is 9.47 Å². The molecule has 88 valence electrons. The van der Waals surface area contributed by atoms with Crippen LogP contribution in [0.3, 0.4) is 0 Å². The Bertz CT molecular complexity index is 371. The van der Waals surface area contributed by atoms with Crippen molar-refractivity contribution >= 4 is 5.97 Å². The lowest BCUT2D eigenvalue weighted by Gasteiger charge is -2.31. The van der Waals surface area contributed by atoms with E-state index in [0.29, 0.717) is 5.76 Å². The number of cyclic esters (lactones) is 1. The first-order valence-electron chi connectivity index (χ1n) is 5.17. The molecule has 5 heteroatoms. The molecule has 0 spiro atoms. The van der Waals surface area contributed by atoms with Gasteiger partial charge in [0.15, 0.2) is 11.9 Å². The van der Waals surface area contributed by atoms with Crippen LogP contribution in [-0.2, 0) is 14.3 Å². The number of aliphatic hydroxyl groups is 2. The summed E-state index contributed by atoms with van der Waals surface area (Å²) >= 11 is 0. The van der Waals surface area contributed by atoms with Gasteiger partial charge in [-0.25, -0.2) is 4.79 Å². The van der Waals surface area contributed by atoms with Crippen LogP contribution in [0.1, 0.15) is 13.8 Å². The molecule has 2 rings (SSSR count). The molecule has 0 bridgehead atoms. The van der Waals surface area contributed by atoms with Crippen LogP contribution in [-0.4, -0.2) is 40.6 Å². The summed E-state index contributed by atoms with van der Waals surface area (Å²) in [6.45, 7) is 3.45. The highest BCUT2D eigenvalue weighted by molar-refractivity contribution is 5.93. The molecule has 2 N–H and O–H groups in total. The van der Waals surface area contributed by atoms with E-state index in [0.717, 1.165) is 0 Å². The smallest absolute Gasteiger partial charge is 0.341 e. The van der Waals surface area contributed by atoms with Gasteiger partial charge in [0.1, 0.15) is 23.9 Å². The van der Waals surface area contributed by atoms with Gasteiger partial charge in [-0.3, -0.25) is 0 Å². The zero-order valence-corrected chi connectivity index (χ0v) is 9.08. The number of carbonyl (C=O) groups excluding carboxylic acids is 1. The lowest BCUT2D eigenvalue weighted by Crippen LogP contribution is -2.44. The summed E-state index contributed by atoms with van der Waals surface area (Å²) < 4.78 is 10.4. The Morgan fingerprint density at radius 1 is 1.31 bits per heavy atom. The Labute approximate surface area is 93.0 Å². The van der Waals surface area contributed by atoms with Crippen LogP contribution in [0, 0.1) is 0 Å². The maximum Gasteiger partial charge on any atom is 0.341 e. The van der Waals surface area contributed by atoms with Crippen LogP contribution in [0.5, 0.6) is 0 Å². The highest BCUT2D eigenvalue weighted by Crippen LogP contribution is 2.34. The molecule has 2 aliphatic rings. The van der Waals surface area contributed by atoms with Gasteiger partial charge in [0.2, 0.25) is 0 Å². The van der Waals surface area contributed by atoms with Crippen LogP contribution in [0.4, 0.5) is 0 Å². The molecule has 2 aliphatic heterocycles. The molecule has 5 nitrogen and oxygen atoms in total. The van der Waals surface area contributed by atoms with E-state index in [9.17, 15) is 15.0 Å². The second-order valence-electron chi connectivity index (χ2n) is 3.87. The van der Waals surface area contributed by atoms with Gasteiger partial charge in [0, 0.05) is 0 Å². The SMILES string of the molecule is C/C=C/[C@@H]1OC2=C(C(=O)O[C@H]2C)[C@H](O)[C@H]1O. The van der Waals surface area contributed by atoms with Gasteiger partial charge < -0.3 is 19.7 Å². The highest BCUT2D eigenvalue weighted by atomic mass is 16.6. The lowest BCUT2D eigenvalue weighted by atomic mass is 9.96. The minimum atomic E-state index is -1.25. The summed E-state index contributed by atoms with van der Waals surface area (Å²) in [6.07, 6.45) is -0.190. The van der Waals surface area contributed by atoms with E-state index < -0.39 is 30.4 Å². The highest BCUT2D eigenvalue weighted by Gasteiger charge is 2.46. The number of hydrogen-bond acceptors (Lipinski definition) is 5. The number of carbonyl (C=O) groups is 1. The molecular weight excluding hydrogens is 212 g/mol. The number of esters is 1. The minimum Gasteiger partial charge on any atom is -0.483 e. The zero-order chi connectivity index (χ0) is 11.9. The van der Waals surface area contributed by atoms with Crippen LogP contribution < -0.4 is 0 Å². The molecular formula is C11H14O5. The molecule has 0 aromatic carbocycles. The fraction of sp³-hybridized carbons (Fsp3) is 0.545. The van der Waals surface area contributed by atoms with Crippen molar-refractivity contribution in [3.05, 3.63) is 23.5 Å². The van der Waals surface area contributed by atoms with E-state index in [1.807, 2.05) is 0 Å². The molecule has 0 aromatic rings. The summed E-state index contributed by atoms with van der Waals surface area (Å²) in [4.78, 5) is 11.4. The average Bonchev–Trinajstić information content (AvgIpc) is 2.50. The zero-order valence-electron chi connectivity index (χ0n) is 9.08. The van der Waals surface area contributed by atoms with Crippen LogP contribution in [0.25, 0.3) is 0 Å². The third-order valence-electron chi connectivity index (χ3n) is 2.74. The summed E-state index contributed by atoms with van der Waals surface area (Å²) in [7, 11) is 0. The van der Waals surface area contributed by atoms with Gasteiger partial charge in [-0.2, -0.15) is 0 Å². The molecule has 0 amide bonds. The minimum absolute atomic E-state index is 0.0424. The maximum absolute atomic E-state index is 11.4. The normalized spacial score (nSPS) is 38.6. The second-order valence-corrected chi connectivity index (χ2v) is 3.87. The molecule has 2 heterocycles. The molecule has 0 fully saturated rings. The predicted molar refractivity (Wildman–Crippen MR) is 54.3 cm³/mol. The van der Waals surface area contributed by atoms with Gasteiger partial charge >= 0.3 is 5.97 Å². The van der Waals surface area contributed by atoms with E-state index in [2.05, 4.69) is 0 Å². The standard InChI is InChI=1S/C11H14O5/c1-3-4-6-8(12)9(13)7-10(16-6)5(2)15-11(7)14/h3-6,8-9,12-13H,1-2H3/b4-3+/t5-,6-,8-,9-/m0/s1. The monoisotopic (exact) mass is 226 g/mol. The van der Waals surface area contributed by atoms with Gasteiger partial charge in [0.05, 0.1) is 0 Å². The molecule has 0 saturated heterocycles. The topological polar surface area (TPSA) is 76.0 Å². The molecule has 0 radical (unpaired) electrons. The summed E-state index contributed by atoms with van der Waals surface area (Å²) in [5, 5.41) is 19.6. The molecule has 0 unspecified atom stereocenters. The third kappa shape index (κ3) is 1.52. The Morgan fingerprint density at radius 2 is 2.00 bits per heavy atom. The first-order valence-corrected chi connectivity index (χ1v) is 5.17. The van der Waals surface area contributed by atoms with Gasteiger partial charge in [0.25, 0.3) is 0 Å². The molecule has 0 aliphatic carbocycles. The fourth-order valence-corrected chi connectivity index (χ4v) is 1.93. The molecule has 0 aromatic heterocycles. The number of aliphatic hydroxyl groups excluding tert-OH is 2. The van der Waals surface area contributed by atoms with E-state index >= 15 is 0 Å². The first kappa shape index (κ1) is 11.2. The molecule has 0 saturated carbocycles. The van der Waals surface area contributed by atoms with E-state index in [-0.39, 0.29) is 5.57 Å². The Hall–Kier alpha value is -1.33. The van der Waals surface area contributed by atoms with Crippen LogP contribution >= 0.6 is 0 Å². The number of ether oxygens (including phenoxy) is 2. The van der Waals surface area contributed by atoms with Gasteiger partial charge in [-0.05, 0) is 19.9 Å². The quantitative estimate of drug-likeness (QED) is 0.481. The Morgan fingerprint density at radius 3 is 2.62 bits per heavy atom. The second kappa shape index (κ2) is 3.92. The van der Waals surface area contributed by atoms with Crippen molar-refractivity contribution in [3.8, 4) is 0 Å². The Balaban J connectivity index is 2.36. The van der Waals surface area contributed by atoms with Crippen LogP contribution in [0.2, 0.25) is 0 Å². The van der Waals surface area contributed by atoms with Crippen molar-refractivity contribution in [1.82, 2.24) is 0 Å². The van der Waals surface area contributed by atoms with Crippen LogP contribution in [0.15, 0.2) is 23.5 Å². The van der Waals surface area contributed by atoms with Crippen molar-refractivity contribution in [2.45, 2.75) is 38.3 Å². The molecule has 16 heavy (non-hydrogen) atoms. The van der Waals surface area contributed by atoms with E-state index in [1.54, 1.807) is 26.0 Å². The average molecular weight is 226 g/mol. The summed E-state index contributed by atoms with van der Waals surface area (Å²) in [6, 6.07) is 0. The third-order valence-corrected chi connectivity index (χ3v) is 2.74. The van der Waals surface area contributed by atoms with Crippen molar-refractivity contribution < 1.29 is 24.5 Å². The maximum atomic E-state index is 11.4. The molecule has 4 atom stereocenters. The summed E-state index contributed by atoms with van der Waals surface area (Å²) in [5.74, 6) is -0.293. The van der Waals surface area contributed by atoms with Crippen molar-refractivity contribution in [2.75, 3.05) is 0 Å².